The second kappa shape index (κ2) is 4.50. The summed E-state index contributed by atoms with van der Waals surface area (Å²) >= 11 is 0. The highest BCUT2D eigenvalue weighted by Gasteiger charge is 2.06. The third kappa shape index (κ3) is 2.26. The number of aromatic hydroxyl groups is 1. The summed E-state index contributed by atoms with van der Waals surface area (Å²) < 4.78 is 5.04. The summed E-state index contributed by atoms with van der Waals surface area (Å²) in [6.07, 6.45) is 0. The monoisotopic (exact) mass is 228 g/mol. The van der Waals surface area contributed by atoms with Gasteiger partial charge in [0.2, 0.25) is 0 Å². The van der Waals surface area contributed by atoms with E-state index in [2.05, 4.69) is 32.0 Å². The normalized spacial score (nSPS) is 10.3. The van der Waals surface area contributed by atoms with E-state index >= 15 is 0 Å². The van der Waals surface area contributed by atoms with Gasteiger partial charge in [-0.3, -0.25) is 0 Å². The number of phenolic OH excluding ortho intramolecular Hbond substituents is 1. The van der Waals surface area contributed by atoms with E-state index in [9.17, 15) is 5.11 Å². The van der Waals surface area contributed by atoms with Gasteiger partial charge in [-0.1, -0.05) is 29.8 Å². The zero-order chi connectivity index (χ0) is 12.4. The standard InChI is InChI=1S/C15H16O2/c1-10-4-6-13(11(2)8-10)12-5-7-15(17-3)14(16)9-12/h4-9,16H,1-3H3. The van der Waals surface area contributed by atoms with Crippen molar-refractivity contribution in [3.8, 4) is 22.6 Å². The van der Waals surface area contributed by atoms with Crippen LogP contribution in [0.1, 0.15) is 11.1 Å². The van der Waals surface area contributed by atoms with Crippen LogP contribution in [0, 0.1) is 13.8 Å². The smallest absolute Gasteiger partial charge is 0.160 e. The molecule has 0 bridgehead atoms. The zero-order valence-electron chi connectivity index (χ0n) is 10.3. The van der Waals surface area contributed by atoms with Gasteiger partial charge in [0.1, 0.15) is 0 Å². The second-order valence-electron chi connectivity index (χ2n) is 4.21. The molecule has 2 heteroatoms. The molecule has 0 unspecified atom stereocenters. The molecule has 2 rings (SSSR count). The highest BCUT2D eigenvalue weighted by molar-refractivity contribution is 5.70. The maximum absolute atomic E-state index is 9.77. The van der Waals surface area contributed by atoms with Gasteiger partial charge in [0, 0.05) is 0 Å². The number of rotatable bonds is 2. The van der Waals surface area contributed by atoms with E-state index in [0.717, 1.165) is 11.1 Å². The van der Waals surface area contributed by atoms with Crippen LogP contribution >= 0.6 is 0 Å². The lowest BCUT2D eigenvalue weighted by Crippen LogP contribution is -1.87. The van der Waals surface area contributed by atoms with Crippen LogP contribution in [-0.2, 0) is 0 Å². The predicted molar refractivity (Wildman–Crippen MR) is 69.6 cm³/mol. The SMILES string of the molecule is COc1ccc(-c2ccc(C)cc2C)cc1O. The van der Waals surface area contributed by atoms with Crippen LogP contribution in [0.3, 0.4) is 0 Å². The van der Waals surface area contributed by atoms with Gasteiger partial charge < -0.3 is 9.84 Å². The number of ether oxygens (including phenoxy) is 1. The molecule has 17 heavy (non-hydrogen) atoms. The Labute approximate surface area is 101 Å². The van der Waals surface area contributed by atoms with E-state index in [0.29, 0.717) is 5.75 Å². The van der Waals surface area contributed by atoms with Crippen LogP contribution in [0.4, 0.5) is 0 Å². The Kier molecular flexibility index (Phi) is 3.05. The van der Waals surface area contributed by atoms with Crippen LogP contribution in [0.5, 0.6) is 11.5 Å². The Balaban J connectivity index is 2.50. The van der Waals surface area contributed by atoms with Crippen LogP contribution in [0.15, 0.2) is 36.4 Å². The van der Waals surface area contributed by atoms with Crippen molar-refractivity contribution in [2.45, 2.75) is 13.8 Å². The summed E-state index contributed by atoms with van der Waals surface area (Å²) in [5.74, 6) is 0.670. The van der Waals surface area contributed by atoms with Gasteiger partial charge in [0.15, 0.2) is 11.5 Å². The lowest BCUT2D eigenvalue weighted by molar-refractivity contribution is 0.373. The Morgan fingerprint density at radius 3 is 2.35 bits per heavy atom. The molecule has 0 fully saturated rings. The predicted octanol–water partition coefficient (Wildman–Crippen LogP) is 3.68. The maximum atomic E-state index is 9.77. The first kappa shape index (κ1) is 11.5. The number of methoxy groups -OCH3 is 1. The summed E-state index contributed by atoms with van der Waals surface area (Å²) in [6, 6.07) is 11.8. The molecule has 0 atom stereocenters. The molecule has 88 valence electrons. The van der Waals surface area contributed by atoms with E-state index in [4.69, 9.17) is 4.74 Å². The first-order valence-corrected chi connectivity index (χ1v) is 5.56. The second-order valence-corrected chi connectivity index (χ2v) is 4.21. The van der Waals surface area contributed by atoms with Gasteiger partial charge in [0.05, 0.1) is 7.11 Å². The number of benzene rings is 2. The number of hydrogen-bond acceptors (Lipinski definition) is 2. The van der Waals surface area contributed by atoms with Gasteiger partial charge in [-0.05, 0) is 42.7 Å². The summed E-state index contributed by atoms with van der Waals surface area (Å²) in [5.41, 5.74) is 4.58. The molecule has 0 aliphatic carbocycles. The lowest BCUT2D eigenvalue weighted by atomic mass is 9.98. The summed E-state index contributed by atoms with van der Waals surface area (Å²) in [6.45, 7) is 4.14. The molecule has 0 saturated heterocycles. The van der Waals surface area contributed by atoms with E-state index in [1.807, 2.05) is 6.07 Å². The average molecular weight is 228 g/mol. The quantitative estimate of drug-likeness (QED) is 0.849. The first-order chi connectivity index (χ1) is 8.11. The van der Waals surface area contributed by atoms with Crippen molar-refractivity contribution in [1.29, 1.82) is 0 Å². The van der Waals surface area contributed by atoms with E-state index in [-0.39, 0.29) is 5.75 Å². The van der Waals surface area contributed by atoms with Crippen molar-refractivity contribution in [3.63, 3.8) is 0 Å². The first-order valence-electron chi connectivity index (χ1n) is 5.56. The topological polar surface area (TPSA) is 29.5 Å². The maximum Gasteiger partial charge on any atom is 0.160 e. The van der Waals surface area contributed by atoms with Crippen molar-refractivity contribution in [2.75, 3.05) is 7.11 Å². The molecular formula is C15H16O2. The number of hydrogen-bond donors (Lipinski definition) is 1. The van der Waals surface area contributed by atoms with Crippen molar-refractivity contribution in [1.82, 2.24) is 0 Å². The Hall–Kier alpha value is -1.96. The van der Waals surface area contributed by atoms with Crippen molar-refractivity contribution < 1.29 is 9.84 Å². The van der Waals surface area contributed by atoms with Gasteiger partial charge in [-0.25, -0.2) is 0 Å². The van der Waals surface area contributed by atoms with E-state index in [1.165, 1.54) is 11.1 Å². The van der Waals surface area contributed by atoms with Crippen molar-refractivity contribution >= 4 is 0 Å². The largest absolute Gasteiger partial charge is 0.504 e. The fraction of sp³-hybridized carbons (Fsp3) is 0.200. The summed E-state index contributed by atoms with van der Waals surface area (Å²) in [5, 5.41) is 9.77. The molecule has 0 saturated carbocycles. The fourth-order valence-electron chi connectivity index (χ4n) is 2.00. The molecule has 2 aromatic rings. The molecule has 0 heterocycles. The third-order valence-electron chi connectivity index (χ3n) is 2.87. The zero-order valence-corrected chi connectivity index (χ0v) is 10.3. The molecule has 1 N–H and O–H groups in total. The number of phenols is 1. The highest BCUT2D eigenvalue weighted by atomic mass is 16.5. The Morgan fingerprint density at radius 2 is 1.76 bits per heavy atom. The van der Waals surface area contributed by atoms with E-state index < -0.39 is 0 Å². The molecule has 0 amide bonds. The highest BCUT2D eigenvalue weighted by Crippen LogP contribution is 2.32. The van der Waals surface area contributed by atoms with Crippen LogP contribution in [-0.4, -0.2) is 12.2 Å². The van der Waals surface area contributed by atoms with Crippen molar-refractivity contribution in [2.24, 2.45) is 0 Å². The summed E-state index contributed by atoms with van der Waals surface area (Å²) in [4.78, 5) is 0. The molecule has 0 aliphatic rings. The van der Waals surface area contributed by atoms with Gasteiger partial charge in [-0.2, -0.15) is 0 Å². The molecular weight excluding hydrogens is 212 g/mol. The van der Waals surface area contributed by atoms with Gasteiger partial charge in [0.25, 0.3) is 0 Å². The molecule has 0 aliphatic heterocycles. The van der Waals surface area contributed by atoms with Crippen LogP contribution in [0.25, 0.3) is 11.1 Å². The molecule has 0 radical (unpaired) electrons. The Bertz CT molecular complexity index is 545. The lowest BCUT2D eigenvalue weighted by Gasteiger charge is -2.09. The molecule has 2 nitrogen and oxygen atoms in total. The van der Waals surface area contributed by atoms with Crippen molar-refractivity contribution in [3.05, 3.63) is 47.5 Å². The molecule has 2 aromatic carbocycles. The van der Waals surface area contributed by atoms with Gasteiger partial charge >= 0.3 is 0 Å². The van der Waals surface area contributed by atoms with Crippen LogP contribution in [0.2, 0.25) is 0 Å². The van der Waals surface area contributed by atoms with Gasteiger partial charge in [-0.15, -0.1) is 0 Å². The minimum Gasteiger partial charge on any atom is -0.504 e. The third-order valence-corrected chi connectivity index (χ3v) is 2.87. The molecule has 0 aromatic heterocycles. The fourth-order valence-corrected chi connectivity index (χ4v) is 2.00. The molecule has 0 spiro atoms. The minimum atomic E-state index is 0.171. The minimum absolute atomic E-state index is 0.171. The average Bonchev–Trinajstić information content (AvgIpc) is 2.29. The summed E-state index contributed by atoms with van der Waals surface area (Å²) in [7, 11) is 1.55. The van der Waals surface area contributed by atoms with E-state index in [1.54, 1.807) is 19.2 Å². The Morgan fingerprint density at radius 1 is 1.00 bits per heavy atom. The van der Waals surface area contributed by atoms with Crippen LogP contribution < -0.4 is 4.74 Å². The number of aryl methyl sites for hydroxylation is 2.